The summed E-state index contributed by atoms with van der Waals surface area (Å²) < 4.78 is 6.04. The summed E-state index contributed by atoms with van der Waals surface area (Å²) in [5.74, 6) is 0. The molecule has 0 saturated heterocycles. The molecule has 0 bridgehead atoms. The normalized spacial score (nSPS) is 11.8. The Kier molecular flexibility index (Phi) is 3.73. The van der Waals surface area contributed by atoms with Gasteiger partial charge in [0.15, 0.2) is 0 Å². The van der Waals surface area contributed by atoms with Crippen LogP contribution in [-0.4, -0.2) is 6.21 Å². The Morgan fingerprint density at radius 2 is 1.24 bits per heavy atom. The Morgan fingerprint density at radius 1 is 0.515 bits per heavy atom. The van der Waals surface area contributed by atoms with Crippen molar-refractivity contribution in [1.29, 1.82) is 5.41 Å². The maximum atomic E-state index is 7.80. The van der Waals surface area contributed by atoms with E-state index in [0.717, 1.165) is 33.1 Å². The van der Waals surface area contributed by atoms with E-state index in [-0.39, 0.29) is 0 Å². The van der Waals surface area contributed by atoms with Crippen molar-refractivity contribution in [1.82, 2.24) is 0 Å². The third kappa shape index (κ3) is 2.64. The summed E-state index contributed by atoms with van der Waals surface area (Å²) in [4.78, 5) is 0. The fourth-order valence-electron chi connectivity index (χ4n) is 5.16. The molecule has 0 atom stereocenters. The number of rotatable bonds is 2. The van der Waals surface area contributed by atoms with Crippen molar-refractivity contribution in [2.75, 3.05) is 0 Å². The summed E-state index contributed by atoms with van der Waals surface area (Å²) in [6.45, 7) is 0. The molecule has 33 heavy (non-hydrogen) atoms. The molecule has 154 valence electrons. The first kappa shape index (κ1) is 18.2. The molecule has 0 saturated carbocycles. The van der Waals surface area contributed by atoms with Crippen LogP contribution in [0.5, 0.6) is 0 Å². The lowest BCUT2D eigenvalue weighted by Crippen LogP contribution is -1.83. The lowest BCUT2D eigenvalue weighted by Gasteiger charge is -2.09. The van der Waals surface area contributed by atoms with Gasteiger partial charge in [0, 0.05) is 22.6 Å². The van der Waals surface area contributed by atoms with Gasteiger partial charge in [0.25, 0.3) is 0 Å². The minimum absolute atomic E-state index is 0.820. The quantitative estimate of drug-likeness (QED) is 0.220. The zero-order chi connectivity index (χ0) is 21.9. The van der Waals surface area contributed by atoms with Gasteiger partial charge in [0.2, 0.25) is 0 Å². The third-order valence-corrected chi connectivity index (χ3v) is 6.76. The Balaban J connectivity index is 1.44. The van der Waals surface area contributed by atoms with Crippen molar-refractivity contribution < 1.29 is 4.42 Å². The minimum Gasteiger partial charge on any atom is -0.456 e. The number of furan rings is 1. The van der Waals surface area contributed by atoms with Crippen molar-refractivity contribution in [3.05, 3.63) is 109 Å². The molecule has 7 rings (SSSR count). The maximum absolute atomic E-state index is 7.80. The highest BCUT2D eigenvalue weighted by Gasteiger charge is 2.12. The predicted octanol–water partition coefficient (Wildman–Crippen LogP) is 8.71. The van der Waals surface area contributed by atoms with Gasteiger partial charge in [0.1, 0.15) is 11.2 Å². The van der Waals surface area contributed by atoms with Crippen molar-refractivity contribution in [2.45, 2.75) is 0 Å². The predicted molar refractivity (Wildman–Crippen MR) is 140 cm³/mol. The average molecular weight is 421 g/mol. The zero-order valence-corrected chi connectivity index (χ0v) is 17.8. The lowest BCUT2D eigenvalue weighted by atomic mass is 9.94. The molecule has 1 N–H and O–H groups in total. The number of hydrogen-bond donors (Lipinski definition) is 1. The van der Waals surface area contributed by atoms with Crippen LogP contribution in [0.4, 0.5) is 0 Å². The molecule has 0 aliphatic heterocycles. The highest BCUT2D eigenvalue weighted by atomic mass is 16.3. The van der Waals surface area contributed by atoms with E-state index in [4.69, 9.17) is 9.83 Å². The van der Waals surface area contributed by atoms with Gasteiger partial charge in [0.05, 0.1) is 0 Å². The molecule has 2 heteroatoms. The minimum atomic E-state index is 0.820. The highest BCUT2D eigenvalue weighted by molar-refractivity contribution is 6.18. The molecule has 6 aromatic carbocycles. The van der Waals surface area contributed by atoms with Crippen LogP contribution < -0.4 is 0 Å². The van der Waals surface area contributed by atoms with E-state index in [1.54, 1.807) is 0 Å². The first-order valence-electron chi connectivity index (χ1n) is 11.1. The number of hydrogen-bond acceptors (Lipinski definition) is 2. The van der Waals surface area contributed by atoms with Crippen LogP contribution in [0.3, 0.4) is 0 Å². The summed E-state index contributed by atoms with van der Waals surface area (Å²) in [5.41, 5.74) is 4.86. The van der Waals surface area contributed by atoms with Crippen LogP contribution in [0.15, 0.2) is 108 Å². The van der Waals surface area contributed by atoms with Crippen LogP contribution >= 0.6 is 0 Å². The van der Waals surface area contributed by atoms with Gasteiger partial charge in [-0.2, -0.15) is 0 Å². The molecular weight excluding hydrogens is 402 g/mol. The van der Waals surface area contributed by atoms with E-state index in [0.29, 0.717) is 0 Å². The smallest absolute Gasteiger partial charge is 0.136 e. The summed E-state index contributed by atoms with van der Waals surface area (Å²) in [5, 5.41) is 17.5. The Hall–Kier alpha value is -4.43. The van der Waals surface area contributed by atoms with E-state index >= 15 is 0 Å². The Morgan fingerprint density at radius 3 is 2.12 bits per heavy atom. The van der Waals surface area contributed by atoms with Crippen LogP contribution in [0, 0.1) is 5.41 Å². The first-order chi connectivity index (χ1) is 16.3. The Labute approximate surface area is 190 Å². The second-order valence-electron chi connectivity index (χ2n) is 8.56. The average Bonchev–Trinajstić information content (AvgIpc) is 3.26. The third-order valence-electron chi connectivity index (χ3n) is 6.76. The fourth-order valence-corrected chi connectivity index (χ4v) is 5.16. The number of benzene rings is 6. The van der Waals surface area contributed by atoms with Crippen LogP contribution in [-0.2, 0) is 0 Å². The molecule has 7 aromatic rings. The molecule has 0 radical (unpaired) electrons. The second-order valence-corrected chi connectivity index (χ2v) is 8.56. The molecule has 0 unspecified atom stereocenters. The van der Waals surface area contributed by atoms with E-state index in [2.05, 4.69) is 78.9 Å². The van der Waals surface area contributed by atoms with Gasteiger partial charge < -0.3 is 9.83 Å². The molecule has 0 spiro atoms. The van der Waals surface area contributed by atoms with Gasteiger partial charge in [-0.25, -0.2) is 0 Å². The molecule has 1 heterocycles. The van der Waals surface area contributed by atoms with Crippen molar-refractivity contribution in [3.8, 4) is 11.1 Å². The SMILES string of the molecule is N=Cc1cccc2oc3ccc(-c4ccc5c(ccc6c7ccccc7ccc56)c4)cc3c12. The van der Waals surface area contributed by atoms with Crippen LogP contribution in [0.2, 0.25) is 0 Å². The number of nitrogens with one attached hydrogen (secondary N) is 1. The van der Waals surface area contributed by atoms with Gasteiger partial charge in [-0.15, -0.1) is 0 Å². The molecule has 2 nitrogen and oxygen atoms in total. The topological polar surface area (TPSA) is 37.0 Å². The fraction of sp³-hybridized carbons (Fsp3) is 0. The lowest BCUT2D eigenvalue weighted by molar-refractivity contribution is 0.669. The van der Waals surface area contributed by atoms with Crippen LogP contribution in [0.1, 0.15) is 5.56 Å². The molecule has 0 aliphatic carbocycles. The summed E-state index contributed by atoms with van der Waals surface area (Å²) in [6, 6.07) is 36.4. The standard InChI is InChI=1S/C31H19NO/c32-18-23-5-3-7-30-31(23)28-17-21(11-15-29(28)33-30)20-9-12-25-22(16-20)10-14-26-24-6-2-1-4-19(24)8-13-27(25)26/h1-18,32H. The summed E-state index contributed by atoms with van der Waals surface area (Å²) in [6.07, 6.45) is 1.40. The van der Waals surface area contributed by atoms with Gasteiger partial charge in [-0.05, 0) is 67.7 Å². The van der Waals surface area contributed by atoms with E-state index in [9.17, 15) is 0 Å². The molecular formula is C31H19NO. The van der Waals surface area contributed by atoms with E-state index < -0.39 is 0 Å². The van der Waals surface area contributed by atoms with Crippen LogP contribution in [0.25, 0.3) is 65.4 Å². The summed E-state index contributed by atoms with van der Waals surface area (Å²) >= 11 is 0. The maximum Gasteiger partial charge on any atom is 0.136 e. The van der Waals surface area contributed by atoms with Crippen molar-refractivity contribution in [2.24, 2.45) is 0 Å². The summed E-state index contributed by atoms with van der Waals surface area (Å²) in [7, 11) is 0. The molecule has 0 amide bonds. The van der Waals surface area contributed by atoms with Crippen molar-refractivity contribution in [3.63, 3.8) is 0 Å². The van der Waals surface area contributed by atoms with E-state index in [1.165, 1.54) is 44.1 Å². The highest BCUT2D eigenvalue weighted by Crippen LogP contribution is 2.36. The van der Waals surface area contributed by atoms with Crippen molar-refractivity contribution >= 4 is 60.5 Å². The van der Waals surface area contributed by atoms with E-state index in [1.807, 2.05) is 24.3 Å². The molecule has 0 aliphatic rings. The molecule has 0 fully saturated rings. The first-order valence-corrected chi connectivity index (χ1v) is 11.1. The Bertz CT molecular complexity index is 1890. The zero-order valence-electron chi connectivity index (χ0n) is 17.8. The second kappa shape index (κ2) is 6.78. The van der Waals surface area contributed by atoms with Gasteiger partial charge >= 0.3 is 0 Å². The van der Waals surface area contributed by atoms with Gasteiger partial charge in [-0.1, -0.05) is 78.9 Å². The molecule has 1 aromatic heterocycles. The van der Waals surface area contributed by atoms with Gasteiger partial charge in [-0.3, -0.25) is 0 Å². The monoisotopic (exact) mass is 421 g/mol. The number of fused-ring (bicyclic) bond motifs is 8. The largest absolute Gasteiger partial charge is 0.456 e.